The van der Waals surface area contributed by atoms with Crippen molar-refractivity contribution >= 4 is 17.0 Å². The molecule has 2 aliphatic rings. The van der Waals surface area contributed by atoms with E-state index in [1.54, 1.807) is 4.57 Å². The van der Waals surface area contributed by atoms with Gasteiger partial charge >= 0.3 is 0 Å². The zero-order valence-electron chi connectivity index (χ0n) is 11.8. The summed E-state index contributed by atoms with van der Waals surface area (Å²) >= 11 is 0. The van der Waals surface area contributed by atoms with Gasteiger partial charge in [-0.05, 0) is 10.4 Å². The highest BCUT2D eigenvalue weighted by Gasteiger charge is 2.55. The third-order valence-electron chi connectivity index (χ3n) is 4.09. The fourth-order valence-electron chi connectivity index (χ4n) is 2.84. The van der Waals surface area contributed by atoms with Crippen LogP contribution in [0.5, 0.6) is 0 Å². The van der Waals surface area contributed by atoms with Gasteiger partial charge in [-0.15, -0.1) is 10.2 Å². The Hall–Kier alpha value is -2.57. The van der Waals surface area contributed by atoms with Crippen molar-refractivity contribution in [2.45, 2.75) is 30.5 Å². The average Bonchev–Trinajstić information content (AvgIpc) is 3.25. The lowest BCUT2D eigenvalue weighted by Gasteiger charge is -2.30. The molecule has 0 amide bonds. The minimum Gasteiger partial charge on any atom is -0.393 e. The number of nitrogen functional groups attached to an aromatic ring is 1. The molecular weight excluding hydrogens is 306 g/mol. The summed E-state index contributed by atoms with van der Waals surface area (Å²) in [6.07, 6.45) is 0.467. The molecule has 4 rings (SSSR count). The highest BCUT2D eigenvalue weighted by Crippen LogP contribution is 2.42. The molecule has 0 saturated carbocycles. The summed E-state index contributed by atoms with van der Waals surface area (Å²) in [6, 6.07) is 0. The Kier molecular flexibility index (Phi) is 3.04. The van der Waals surface area contributed by atoms with Crippen LogP contribution in [0.25, 0.3) is 11.2 Å². The Morgan fingerprint density at radius 1 is 1.30 bits per heavy atom. The largest absolute Gasteiger partial charge is 0.393 e. The van der Waals surface area contributed by atoms with Gasteiger partial charge in [-0.25, -0.2) is 15.0 Å². The first kappa shape index (κ1) is 14.0. The minimum atomic E-state index is -1.41. The Bertz CT molecular complexity index is 793. The summed E-state index contributed by atoms with van der Waals surface area (Å²) in [5.74, 6) is 0.249. The normalized spacial score (nSPS) is 30.7. The van der Waals surface area contributed by atoms with E-state index in [4.69, 9.17) is 10.5 Å². The van der Waals surface area contributed by atoms with Crippen LogP contribution in [-0.4, -0.2) is 54.2 Å². The van der Waals surface area contributed by atoms with Gasteiger partial charge in [0.1, 0.15) is 18.1 Å². The van der Waals surface area contributed by atoms with Crippen molar-refractivity contribution in [3.05, 3.63) is 12.7 Å². The number of nitrogens with zero attached hydrogens (tertiary/aromatic N) is 8. The van der Waals surface area contributed by atoms with Crippen molar-refractivity contribution in [1.82, 2.24) is 19.5 Å². The second-order valence-electron chi connectivity index (χ2n) is 5.30. The second-order valence-corrected chi connectivity index (χ2v) is 5.30. The van der Waals surface area contributed by atoms with E-state index >= 15 is 0 Å². The third-order valence-corrected chi connectivity index (χ3v) is 4.09. The first-order chi connectivity index (χ1) is 11.2. The number of ether oxygens (including phenoxy) is 1. The van der Waals surface area contributed by atoms with E-state index in [2.05, 4.69) is 35.6 Å². The summed E-state index contributed by atoms with van der Waals surface area (Å²) < 4.78 is 7.52. The van der Waals surface area contributed by atoms with Crippen molar-refractivity contribution < 1.29 is 14.9 Å². The van der Waals surface area contributed by atoms with Crippen LogP contribution >= 0.6 is 0 Å². The fraction of sp³-hybridized carbons (Fsp3) is 0.545. The number of hydrogen-bond acceptors (Lipinski definition) is 11. The molecule has 2 aromatic heterocycles. The van der Waals surface area contributed by atoms with E-state index in [1.807, 2.05) is 0 Å². The number of aromatic nitrogens is 4. The number of nitrogens with two attached hydrogens (primary N) is 1. The lowest BCUT2D eigenvalue weighted by atomic mass is 9.94. The van der Waals surface area contributed by atoms with E-state index in [0.29, 0.717) is 11.2 Å². The summed E-state index contributed by atoms with van der Waals surface area (Å²) in [5.41, 5.74) is 5.26. The first-order valence-corrected chi connectivity index (χ1v) is 6.85. The van der Waals surface area contributed by atoms with Crippen molar-refractivity contribution in [2.24, 2.45) is 20.7 Å². The summed E-state index contributed by atoms with van der Waals surface area (Å²) in [7, 11) is 0. The van der Waals surface area contributed by atoms with Gasteiger partial charge in [-0.3, -0.25) is 4.57 Å². The van der Waals surface area contributed by atoms with Crippen molar-refractivity contribution in [3.8, 4) is 0 Å². The van der Waals surface area contributed by atoms with Crippen LogP contribution in [0.4, 0.5) is 5.82 Å². The molecule has 0 radical (unpaired) electrons. The van der Waals surface area contributed by atoms with Gasteiger partial charge < -0.3 is 20.7 Å². The molecule has 0 aliphatic carbocycles. The molecule has 3 atom stereocenters. The van der Waals surface area contributed by atoms with Crippen molar-refractivity contribution in [3.63, 3.8) is 0 Å². The number of anilines is 1. The average molecular weight is 319 g/mol. The van der Waals surface area contributed by atoms with Gasteiger partial charge in [0.15, 0.2) is 17.1 Å². The highest BCUT2D eigenvalue weighted by atomic mass is 16.6. The van der Waals surface area contributed by atoms with Gasteiger partial charge in [-0.2, -0.15) is 0 Å². The van der Waals surface area contributed by atoms with Gasteiger partial charge in [-0.1, -0.05) is 0 Å². The lowest BCUT2D eigenvalue weighted by Crippen LogP contribution is -2.51. The molecule has 0 unspecified atom stereocenters. The number of aliphatic hydroxyl groups excluding tert-OH is 2. The smallest absolute Gasteiger partial charge is 0.218 e. The van der Waals surface area contributed by atoms with Crippen LogP contribution in [0.2, 0.25) is 0 Å². The molecule has 2 aliphatic heterocycles. The molecule has 0 bridgehead atoms. The Morgan fingerprint density at radius 2 is 2.09 bits per heavy atom. The van der Waals surface area contributed by atoms with E-state index in [-0.39, 0.29) is 12.2 Å². The predicted octanol–water partition coefficient (Wildman–Crippen LogP) is -0.422. The van der Waals surface area contributed by atoms with Gasteiger partial charge in [0, 0.05) is 6.42 Å². The monoisotopic (exact) mass is 319 g/mol. The van der Waals surface area contributed by atoms with E-state index < -0.39 is 30.7 Å². The quantitative estimate of drug-likeness (QED) is 0.689. The second kappa shape index (κ2) is 4.97. The van der Waals surface area contributed by atoms with E-state index in [1.165, 1.54) is 12.7 Å². The van der Waals surface area contributed by atoms with Crippen molar-refractivity contribution in [1.29, 1.82) is 0 Å². The minimum absolute atomic E-state index is 0.192. The maximum Gasteiger partial charge on any atom is 0.218 e. The summed E-state index contributed by atoms with van der Waals surface area (Å²) in [4.78, 5) is 12.2. The van der Waals surface area contributed by atoms with Crippen LogP contribution in [0.3, 0.4) is 0 Å². The van der Waals surface area contributed by atoms with Gasteiger partial charge in [0.05, 0.1) is 19.0 Å². The number of fused-ring (bicyclic) bond motifs is 1. The molecule has 0 spiro atoms. The zero-order chi connectivity index (χ0) is 16.0. The molecule has 2 aromatic rings. The molecule has 1 saturated heterocycles. The standard InChI is InChI=1S/C11H13N9O3/c12-8-7-9(14-3-13-8)20(4-15-7)6-1-5(22)11(2-21,23-6)10-16-18-19-17-10/h3-6,10,21-22H,1-2H2,(H2,12,13,14)/t5-,6-,11-/m1/s1. The molecule has 23 heavy (non-hydrogen) atoms. The highest BCUT2D eigenvalue weighted by molar-refractivity contribution is 5.81. The van der Waals surface area contributed by atoms with Crippen LogP contribution < -0.4 is 5.73 Å². The molecule has 1 fully saturated rings. The Balaban J connectivity index is 1.72. The Labute approximate surface area is 128 Å². The predicted molar refractivity (Wildman–Crippen MR) is 73.8 cm³/mol. The molecule has 4 heterocycles. The topological polar surface area (TPSA) is 169 Å². The molecule has 0 aromatic carbocycles. The lowest BCUT2D eigenvalue weighted by molar-refractivity contribution is -0.138. The van der Waals surface area contributed by atoms with Crippen LogP contribution in [0.15, 0.2) is 33.3 Å². The third kappa shape index (κ3) is 1.92. The summed E-state index contributed by atoms with van der Waals surface area (Å²) in [6.45, 7) is -0.489. The molecule has 120 valence electrons. The number of aliphatic hydroxyl groups is 2. The first-order valence-electron chi connectivity index (χ1n) is 6.85. The SMILES string of the molecule is Nc1ncnc2c1ncn2[C@H]1C[C@@H](O)[C@](CO)(C2N=NN=N2)O1. The maximum atomic E-state index is 10.4. The van der Waals surface area contributed by atoms with Gasteiger partial charge in [0.25, 0.3) is 0 Å². The van der Waals surface area contributed by atoms with E-state index in [9.17, 15) is 10.2 Å². The maximum absolute atomic E-state index is 10.4. The van der Waals surface area contributed by atoms with Crippen LogP contribution in [0, 0.1) is 0 Å². The number of imidazole rings is 1. The van der Waals surface area contributed by atoms with Crippen LogP contribution in [0.1, 0.15) is 12.6 Å². The molecule has 12 nitrogen and oxygen atoms in total. The number of rotatable bonds is 3. The van der Waals surface area contributed by atoms with Crippen molar-refractivity contribution in [2.75, 3.05) is 12.3 Å². The fourth-order valence-corrected chi connectivity index (χ4v) is 2.84. The Morgan fingerprint density at radius 3 is 2.83 bits per heavy atom. The molecule has 4 N–H and O–H groups in total. The molecular formula is C11H13N9O3. The number of hydrogen-bond donors (Lipinski definition) is 3. The van der Waals surface area contributed by atoms with Gasteiger partial charge in [0.2, 0.25) is 6.17 Å². The van der Waals surface area contributed by atoms with E-state index in [0.717, 1.165) is 0 Å². The molecule has 12 heteroatoms. The summed E-state index contributed by atoms with van der Waals surface area (Å²) in [5, 5.41) is 34.6. The van der Waals surface area contributed by atoms with Crippen LogP contribution in [-0.2, 0) is 4.74 Å². The zero-order valence-corrected chi connectivity index (χ0v) is 11.8.